The summed E-state index contributed by atoms with van der Waals surface area (Å²) in [5, 5.41) is 8.53. The van der Waals surface area contributed by atoms with Gasteiger partial charge in [-0.2, -0.15) is 26.3 Å². The van der Waals surface area contributed by atoms with Gasteiger partial charge in [-0.05, 0) is 124 Å². The summed E-state index contributed by atoms with van der Waals surface area (Å²) in [5.41, 5.74) is -3.41. The number of amides is 12. The maximum atomic E-state index is 15.7. The third-order valence-corrected chi connectivity index (χ3v) is 22.5. The van der Waals surface area contributed by atoms with Crippen LogP contribution in [0.1, 0.15) is 147 Å². The number of alkyl halides is 6. The van der Waals surface area contributed by atoms with Gasteiger partial charge in [-0.3, -0.25) is 57.5 Å². The van der Waals surface area contributed by atoms with Crippen molar-refractivity contribution < 1.29 is 98.1 Å². The van der Waals surface area contributed by atoms with Crippen molar-refractivity contribution in [3.63, 3.8) is 0 Å². The van der Waals surface area contributed by atoms with Crippen molar-refractivity contribution >= 4 is 70.9 Å². The number of carbonyl (C=O) groups excluding carboxylic acids is 12. The van der Waals surface area contributed by atoms with E-state index in [0.29, 0.717) is 38.5 Å². The number of nitrogens with one attached hydrogen (secondary N) is 3. The van der Waals surface area contributed by atoms with Gasteiger partial charge in [-0.1, -0.05) is 77.3 Å². The number of carbonyl (C=O) groups is 12. The molecule has 33 heteroatoms. The van der Waals surface area contributed by atoms with Crippen LogP contribution in [0.25, 0.3) is 0 Å². The topological polar surface area (TPSA) is 298 Å². The zero-order chi connectivity index (χ0) is 82.3. The molecule has 0 aromatic heterocycles. The van der Waals surface area contributed by atoms with Crippen molar-refractivity contribution in [1.29, 1.82) is 0 Å². The fourth-order valence-corrected chi connectivity index (χ4v) is 15.4. The molecule has 12 amide bonds. The molecule has 2 bridgehead atoms. The Kier molecular flexibility index (Phi) is 31.4. The molecule has 0 unspecified atom stereocenters. The predicted molar refractivity (Wildman–Crippen MR) is 396 cm³/mol. The molecule has 111 heavy (non-hydrogen) atoms. The van der Waals surface area contributed by atoms with Crippen LogP contribution >= 0.6 is 0 Å². The Bertz CT molecular complexity index is 3680. The second-order valence-corrected chi connectivity index (χ2v) is 30.6. The maximum Gasteiger partial charge on any atom is 0.419 e. The lowest BCUT2D eigenvalue weighted by Crippen LogP contribution is -2.68. The first kappa shape index (κ1) is 89.3. The smallest absolute Gasteiger partial charge is 0.419 e. The van der Waals surface area contributed by atoms with Crippen molar-refractivity contribution in [3.05, 3.63) is 76.9 Å². The average Bonchev–Trinajstić information content (AvgIpc) is 1.72. The molecule has 2 aliphatic carbocycles. The summed E-state index contributed by atoms with van der Waals surface area (Å²) in [6, 6.07) is -4.52. The third kappa shape index (κ3) is 22.1. The predicted octanol–water partition coefficient (Wildman–Crippen LogP) is 5.49. The molecule has 2 saturated heterocycles. The zero-order valence-electron chi connectivity index (χ0n) is 66.3. The van der Waals surface area contributed by atoms with Crippen LogP contribution in [0, 0.1) is 17.8 Å². The SMILES string of the molecule is CCO[C@@H]1C[C@H]2C(=O)NC3(CCC3)C(=O)N(C)[C@@H](C3CCCC3)C(=O)N(C)[C@H](C(=O)N(C)CCOC)CC(=O)N(C)[C@@H](CC(C)C)C(=O)N[C@@H]([C@@H](C)CC)C(=O)N(C)CC(=O)N(C)[C@H]3C/C=C\CCN(C3=O)[C@@H](Cc3ccc(C(F)(F)F)cc3)C(=O)N(C)CC(=O)N[C@@H](CCc3ccc(C(F)(F)F)c(OC)c3)C(=O)N2C1. The molecule has 7 rings (SSSR count). The lowest BCUT2D eigenvalue weighted by molar-refractivity contribution is -0.158. The zero-order valence-corrected chi connectivity index (χ0v) is 66.3. The molecule has 27 nitrogen and oxygen atoms in total. The minimum Gasteiger partial charge on any atom is -0.496 e. The van der Waals surface area contributed by atoms with Crippen LogP contribution in [0.2, 0.25) is 0 Å². The molecular formula is C78H112F6N12O15. The maximum absolute atomic E-state index is 15.7. The number of ether oxygens (including phenoxy) is 3. The highest BCUT2D eigenvalue weighted by Gasteiger charge is 2.54. The third-order valence-electron chi connectivity index (χ3n) is 22.5. The Morgan fingerprint density at radius 2 is 1.33 bits per heavy atom. The van der Waals surface area contributed by atoms with Crippen molar-refractivity contribution in [2.24, 2.45) is 17.8 Å². The minimum absolute atomic E-state index is 0.0271. The molecule has 3 N–H and O–H groups in total. The highest BCUT2D eigenvalue weighted by atomic mass is 19.4. The van der Waals surface area contributed by atoms with Gasteiger partial charge in [0.1, 0.15) is 59.6 Å². The Morgan fingerprint density at radius 3 is 1.92 bits per heavy atom. The van der Waals surface area contributed by atoms with Gasteiger partial charge in [0.05, 0.1) is 50.5 Å². The summed E-state index contributed by atoms with van der Waals surface area (Å²) in [7, 11) is 12.0. The molecule has 3 heterocycles. The Labute approximate surface area is 646 Å². The van der Waals surface area contributed by atoms with E-state index in [0.717, 1.165) is 63.1 Å². The highest BCUT2D eigenvalue weighted by molar-refractivity contribution is 6.01. The van der Waals surface area contributed by atoms with Crippen LogP contribution in [0.4, 0.5) is 26.3 Å². The minimum atomic E-state index is -4.83. The van der Waals surface area contributed by atoms with Crippen LogP contribution in [0.15, 0.2) is 54.6 Å². The van der Waals surface area contributed by atoms with Gasteiger partial charge in [-0.15, -0.1) is 0 Å². The average molecular weight is 1570 g/mol. The van der Waals surface area contributed by atoms with Gasteiger partial charge in [0.15, 0.2) is 0 Å². The number of nitrogens with zero attached hydrogens (tertiary/aromatic N) is 9. The Balaban J connectivity index is 1.36. The Hall–Kier alpha value is -8.88. The normalized spacial score (nSPS) is 25.7. The monoisotopic (exact) mass is 1570 g/mol. The molecule has 5 aliphatic rings. The largest absolute Gasteiger partial charge is 0.496 e. The first-order chi connectivity index (χ1) is 52.2. The van der Waals surface area contributed by atoms with Crippen LogP contribution < -0.4 is 20.7 Å². The van der Waals surface area contributed by atoms with Gasteiger partial charge in [-0.25, -0.2) is 0 Å². The number of fused-ring (bicyclic) bond motifs is 3. The summed E-state index contributed by atoms with van der Waals surface area (Å²) in [6.45, 7) is 7.03. The van der Waals surface area contributed by atoms with E-state index in [1.54, 1.807) is 32.9 Å². The number of hydrogen-bond donors (Lipinski definition) is 3. The summed E-state index contributed by atoms with van der Waals surface area (Å²) >= 11 is 0. The summed E-state index contributed by atoms with van der Waals surface area (Å²) in [5.74, 6) is -11.4. The van der Waals surface area contributed by atoms with Crippen LogP contribution in [0.5, 0.6) is 5.75 Å². The van der Waals surface area contributed by atoms with E-state index in [2.05, 4.69) is 16.0 Å². The van der Waals surface area contributed by atoms with Crippen LogP contribution in [-0.4, -0.2) is 284 Å². The summed E-state index contributed by atoms with van der Waals surface area (Å²) in [6.07, 6.45) is -5.59. The number of rotatable bonds is 17. The van der Waals surface area contributed by atoms with Crippen LogP contribution in [-0.2, 0) is 92.2 Å². The van der Waals surface area contributed by atoms with Gasteiger partial charge >= 0.3 is 12.4 Å². The molecule has 0 radical (unpaired) electrons. The lowest BCUT2D eigenvalue weighted by atomic mass is 9.74. The van der Waals surface area contributed by atoms with E-state index in [1.807, 2.05) is 13.8 Å². The summed E-state index contributed by atoms with van der Waals surface area (Å²) in [4.78, 5) is 193. The first-order valence-corrected chi connectivity index (χ1v) is 38.2. The number of aryl methyl sites for hydroxylation is 1. The van der Waals surface area contributed by atoms with E-state index in [1.165, 1.54) is 87.0 Å². The second kappa shape index (κ2) is 39.0. The van der Waals surface area contributed by atoms with Crippen molar-refractivity contribution in [2.45, 2.75) is 210 Å². The standard InChI is InChI=1S/C78H112F6N12O15/c1-15-48(5)65-73(106)90(8)46-64(99)91(9)56-25-18-17-21-36-95(72(56)105)60(40-49-26-30-52(31-27-49)77(79,80)81)71(104)89(7)45-62(97)85-55(33-29-50-28-32-54(78(82,83)84)61(41-50)110-14)69(102)96-44-53(111-16-2)42-58(96)68(101)87-76(34-22-35-76)75(108)94(12)66(51-23-19-20-24-51)74(107)93(11)59(70(103)88(6)37-38-109-13)43-63(98)92(10)57(39-47(3)4)67(100)86-65/h17-18,26-28,30-32,41,47-48,51,53,55-60,65-66H,15-16,19-25,29,33-40,42-46H2,1-14H3,(H,85,97)(H,86,100)(H,87,101)/b18-17-/t48-,53+,55-,56-,57-,58-,59-,60-,65-,66-/m0/s1. The van der Waals surface area contributed by atoms with E-state index < -0.39 is 198 Å². The molecule has 2 saturated carbocycles. The number of halogens is 6. The second-order valence-electron chi connectivity index (χ2n) is 30.6. The lowest BCUT2D eigenvalue weighted by Gasteiger charge is -2.46. The van der Waals surface area contributed by atoms with Gasteiger partial charge < -0.3 is 74.3 Å². The number of likely N-dealkylation sites (N-methyl/N-ethyl adjacent to an activating group) is 7. The van der Waals surface area contributed by atoms with E-state index in [-0.39, 0.29) is 101 Å². The Morgan fingerprint density at radius 1 is 0.685 bits per heavy atom. The fourth-order valence-electron chi connectivity index (χ4n) is 15.4. The fraction of sp³-hybridized carbons (Fsp3) is 0.667. The molecular weight excluding hydrogens is 1460 g/mol. The van der Waals surface area contributed by atoms with Gasteiger partial charge in [0.2, 0.25) is 70.9 Å². The van der Waals surface area contributed by atoms with Crippen molar-refractivity contribution in [1.82, 2.24) is 60.0 Å². The molecule has 616 valence electrons. The molecule has 4 fully saturated rings. The molecule has 2 aromatic carbocycles. The van der Waals surface area contributed by atoms with Gasteiger partial charge in [0, 0.05) is 95.5 Å². The molecule has 2 aromatic rings. The van der Waals surface area contributed by atoms with Crippen molar-refractivity contribution in [2.75, 3.05) is 109 Å². The molecule has 3 aliphatic heterocycles. The quantitative estimate of drug-likeness (QED) is 0.130. The highest BCUT2D eigenvalue weighted by Crippen LogP contribution is 2.40. The summed E-state index contributed by atoms with van der Waals surface area (Å²) < 4.78 is 101. The van der Waals surface area contributed by atoms with Gasteiger partial charge in [0.25, 0.3) is 0 Å². The number of hydrogen-bond acceptors (Lipinski definition) is 15. The number of methoxy groups -OCH3 is 2. The molecule has 10 atom stereocenters. The van der Waals surface area contributed by atoms with E-state index in [9.17, 15) is 50.3 Å². The van der Waals surface area contributed by atoms with E-state index >= 15 is 33.6 Å². The first-order valence-electron chi connectivity index (χ1n) is 38.2. The van der Waals surface area contributed by atoms with E-state index in [4.69, 9.17) is 14.2 Å². The molecule has 1 spiro atoms. The number of benzene rings is 2. The van der Waals surface area contributed by atoms with Crippen molar-refractivity contribution in [3.8, 4) is 5.75 Å². The van der Waals surface area contributed by atoms with Crippen LogP contribution in [0.3, 0.4) is 0 Å².